The highest BCUT2D eigenvalue weighted by Gasteiger charge is 2.33. The van der Waals surface area contributed by atoms with Crippen molar-refractivity contribution in [3.63, 3.8) is 0 Å². The first-order valence-corrected chi connectivity index (χ1v) is 11.3. The molecule has 9 nitrogen and oxygen atoms in total. The van der Waals surface area contributed by atoms with Crippen molar-refractivity contribution in [2.45, 2.75) is 0 Å². The van der Waals surface area contributed by atoms with Crippen molar-refractivity contribution in [3.05, 3.63) is 98.1 Å². The topological polar surface area (TPSA) is 120 Å². The summed E-state index contributed by atoms with van der Waals surface area (Å²) in [6.07, 6.45) is 1.61. The molecule has 0 bridgehead atoms. The van der Waals surface area contributed by atoms with Gasteiger partial charge in [-0.3, -0.25) is 28.4 Å². The summed E-state index contributed by atoms with van der Waals surface area (Å²) < 4.78 is 15.3. The molecule has 178 valence electrons. The lowest BCUT2D eigenvalue weighted by Crippen LogP contribution is -2.42. The molecule has 1 aromatic heterocycles. The molecule has 2 heterocycles. The molecule has 0 saturated carbocycles. The zero-order valence-corrected chi connectivity index (χ0v) is 19.6. The van der Waals surface area contributed by atoms with E-state index in [1.165, 1.54) is 43.3 Å². The van der Waals surface area contributed by atoms with E-state index in [-0.39, 0.29) is 28.0 Å². The molecule has 3 aromatic rings. The second-order valence-electron chi connectivity index (χ2n) is 7.63. The van der Waals surface area contributed by atoms with Gasteiger partial charge in [-0.15, -0.1) is 0 Å². The summed E-state index contributed by atoms with van der Waals surface area (Å²) in [5.74, 6) is -2.07. The Morgan fingerprint density at radius 2 is 1.69 bits per heavy atom. The number of aromatic nitrogens is 2. The van der Waals surface area contributed by atoms with E-state index in [0.29, 0.717) is 5.69 Å². The van der Waals surface area contributed by atoms with Crippen molar-refractivity contribution < 1.29 is 14.0 Å². The van der Waals surface area contributed by atoms with Crippen LogP contribution >= 0.6 is 11.8 Å². The van der Waals surface area contributed by atoms with Gasteiger partial charge in [0.05, 0.1) is 11.4 Å². The summed E-state index contributed by atoms with van der Waals surface area (Å²) in [4.78, 5) is 56.4. The lowest BCUT2D eigenvalue weighted by Gasteiger charge is -2.17. The maximum Gasteiger partial charge on any atom is 0.332 e. The first-order chi connectivity index (χ1) is 16.7. The van der Waals surface area contributed by atoms with Crippen LogP contribution in [0.5, 0.6) is 0 Å². The molecule has 1 amide bonds. The molecule has 1 aliphatic heterocycles. The number of nitrogens with zero attached hydrogens (tertiary/aromatic N) is 4. The molecule has 1 aliphatic rings. The molecule has 0 unspecified atom stereocenters. The molecule has 35 heavy (non-hydrogen) atoms. The Balaban J connectivity index is 1.68. The summed E-state index contributed by atoms with van der Waals surface area (Å²) in [7, 11) is 2.61. The first-order valence-electron chi connectivity index (χ1n) is 10.4. The average molecular weight is 494 g/mol. The number of Topliss-reactive ketones (excluding diaryl/α,β-unsaturated/α-hetero) is 1. The Morgan fingerprint density at radius 1 is 1.03 bits per heavy atom. The van der Waals surface area contributed by atoms with Gasteiger partial charge >= 0.3 is 5.69 Å². The van der Waals surface area contributed by atoms with Crippen LogP contribution in [0.25, 0.3) is 6.08 Å². The van der Waals surface area contributed by atoms with Gasteiger partial charge in [-0.05, 0) is 35.9 Å². The van der Waals surface area contributed by atoms with E-state index >= 15 is 0 Å². The van der Waals surface area contributed by atoms with Gasteiger partial charge in [-0.2, -0.15) is 0 Å². The first kappa shape index (κ1) is 23.9. The van der Waals surface area contributed by atoms with Crippen LogP contribution in [0.4, 0.5) is 15.9 Å². The van der Waals surface area contributed by atoms with Gasteiger partial charge in [0.25, 0.3) is 11.5 Å². The Hall–Kier alpha value is -4.25. The highest BCUT2D eigenvalue weighted by molar-refractivity contribution is 8.14. The van der Waals surface area contributed by atoms with Crippen molar-refractivity contribution in [2.24, 2.45) is 19.1 Å². The highest BCUT2D eigenvalue weighted by Crippen LogP contribution is 2.30. The minimum atomic E-state index is -0.805. The Labute approximate surface area is 203 Å². The number of thioether (sulfide) groups is 1. The monoisotopic (exact) mass is 493 g/mol. The van der Waals surface area contributed by atoms with Crippen molar-refractivity contribution >= 4 is 46.2 Å². The van der Waals surface area contributed by atoms with Crippen molar-refractivity contribution in [2.75, 3.05) is 16.4 Å². The van der Waals surface area contributed by atoms with Crippen LogP contribution in [0.1, 0.15) is 15.9 Å². The van der Waals surface area contributed by atoms with Crippen molar-refractivity contribution in [3.8, 4) is 0 Å². The smallest absolute Gasteiger partial charge is 0.332 e. The maximum atomic E-state index is 13.5. The number of carbonyl (C=O) groups excluding carboxylic acids is 2. The maximum absolute atomic E-state index is 13.5. The normalized spacial score (nSPS) is 14.5. The van der Waals surface area contributed by atoms with Crippen LogP contribution in [-0.4, -0.2) is 31.7 Å². The fraction of sp³-hybridized carbons (Fsp3) is 0.125. The van der Waals surface area contributed by atoms with Gasteiger partial charge < -0.3 is 5.73 Å². The van der Waals surface area contributed by atoms with E-state index in [9.17, 15) is 23.6 Å². The van der Waals surface area contributed by atoms with E-state index < -0.39 is 28.8 Å². The number of nitrogen functional groups attached to an aromatic ring is 1. The SMILES string of the molecule is Cn1c(N)c(C(=O)CSC2=NC(=Cc3ccccc3)C(=O)N2c2ccc(F)cc2)c(=O)n(C)c1=O. The van der Waals surface area contributed by atoms with E-state index in [1.54, 1.807) is 6.08 Å². The standard InChI is InChI=1S/C24H20FN5O4S/c1-28-20(26)19(22(33)29(2)24(28)34)18(31)13-35-23-27-17(12-14-6-4-3-5-7-14)21(32)30(23)16-10-8-15(25)9-11-16/h3-12H,13,26H2,1-2H3. The van der Waals surface area contributed by atoms with Crippen LogP contribution in [-0.2, 0) is 18.9 Å². The van der Waals surface area contributed by atoms with Crippen LogP contribution in [0.15, 0.2) is 74.9 Å². The molecule has 0 fully saturated rings. The van der Waals surface area contributed by atoms with Gasteiger partial charge in [0, 0.05) is 14.1 Å². The number of rotatable bonds is 5. The summed E-state index contributed by atoms with van der Waals surface area (Å²) in [5.41, 5.74) is 5.35. The second-order valence-corrected chi connectivity index (χ2v) is 8.57. The number of carbonyl (C=O) groups is 2. The number of aliphatic imine (C=N–C) groups is 1. The van der Waals surface area contributed by atoms with E-state index in [2.05, 4.69) is 4.99 Å². The van der Waals surface area contributed by atoms with Crippen LogP contribution in [0, 0.1) is 5.82 Å². The number of nitrogens with two attached hydrogens (primary N) is 1. The Morgan fingerprint density at radius 3 is 2.34 bits per heavy atom. The molecule has 0 aliphatic carbocycles. The molecule has 0 radical (unpaired) electrons. The predicted molar refractivity (Wildman–Crippen MR) is 134 cm³/mol. The molecule has 0 saturated heterocycles. The second kappa shape index (κ2) is 9.55. The predicted octanol–water partition coefficient (Wildman–Crippen LogP) is 2.17. The lowest BCUT2D eigenvalue weighted by molar-refractivity contribution is -0.113. The molecule has 11 heteroatoms. The van der Waals surface area contributed by atoms with E-state index in [0.717, 1.165) is 26.5 Å². The van der Waals surface area contributed by atoms with Crippen molar-refractivity contribution in [1.82, 2.24) is 9.13 Å². The van der Waals surface area contributed by atoms with Crippen LogP contribution in [0.3, 0.4) is 0 Å². The summed E-state index contributed by atoms with van der Waals surface area (Å²) >= 11 is 0.925. The third kappa shape index (κ3) is 4.58. The number of halogens is 1. The number of ketones is 1. The third-order valence-corrected chi connectivity index (χ3v) is 6.28. The van der Waals surface area contributed by atoms with E-state index in [4.69, 9.17) is 5.73 Å². The van der Waals surface area contributed by atoms with Crippen molar-refractivity contribution in [1.29, 1.82) is 0 Å². The number of benzene rings is 2. The average Bonchev–Trinajstić information content (AvgIpc) is 3.16. The summed E-state index contributed by atoms with van der Waals surface area (Å²) in [6.45, 7) is 0. The molecule has 2 N–H and O–H groups in total. The molecular formula is C24H20FN5O4S. The molecule has 2 aromatic carbocycles. The minimum absolute atomic E-state index is 0.132. The zero-order valence-electron chi connectivity index (χ0n) is 18.8. The fourth-order valence-electron chi connectivity index (χ4n) is 3.44. The highest BCUT2D eigenvalue weighted by atomic mass is 32.2. The minimum Gasteiger partial charge on any atom is -0.384 e. The zero-order chi connectivity index (χ0) is 25.3. The van der Waals surface area contributed by atoms with Gasteiger partial charge in [0.2, 0.25) is 0 Å². The quantitative estimate of drug-likeness (QED) is 0.430. The van der Waals surface area contributed by atoms with Gasteiger partial charge in [-0.1, -0.05) is 42.1 Å². The molecule has 4 rings (SSSR count). The van der Waals surface area contributed by atoms with Crippen LogP contribution < -0.4 is 21.9 Å². The Bertz CT molecular complexity index is 1510. The van der Waals surface area contributed by atoms with Gasteiger partial charge in [0.15, 0.2) is 11.0 Å². The number of hydrogen-bond donors (Lipinski definition) is 1. The van der Waals surface area contributed by atoms with E-state index in [1.807, 2.05) is 30.3 Å². The van der Waals surface area contributed by atoms with Crippen LogP contribution in [0.2, 0.25) is 0 Å². The fourth-order valence-corrected chi connectivity index (χ4v) is 4.33. The summed E-state index contributed by atoms with van der Waals surface area (Å²) in [5, 5.41) is 0.178. The van der Waals surface area contributed by atoms with Gasteiger partial charge in [-0.25, -0.2) is 14.2 Å². The van der Waals surface area contributed by atoms with Gasteiger partial charge in [0.1, 0.15) is 22.9 Å². The molecule has 0 atom stereocenters. The summed E-state index contributed by atoms with van der Waals surface area (Å²) in [6, 6.07) is 14.4. The molecular weight excluding hydrogens is 473 g/mol. The number of hydrogen-bond acceptors (Lipinski definition) is 7. The Kier molecular flexibility index (Phi) is 6.52. The molecule has 0 spiro atoms. The largest absolute Gasteiger partial charge is 0.384 e. The number of amides is 1. The third-order valence-electron chi connectivity index (χ3n) is 5.34. The number of anilines is 2. The number of amidine groups is 1. The lowest BCUT2D eigenvalue weighted by atomic mass is 10.2.